The lowest BCUT2D eigenvalue weighted by Crippen LogP contribution is -2.59. The number of hydrogen-bond donors (Lipinski definition) is 3. The Labute approximate surface area is 245 Å². The lowest BCUT2D eigenvalue weighted by atomic mass is 9.82. The molecule has 5 atom stereocenters. The molecule has 9 nitrogen and oxygen atoms in total. The standard InChI is InChI=1S/C32H50N4O5/c1-8-10-16-22(27(38)29(40)33-17-9-2)34-28(39)26-24-21(32(24,6)7)19-36(26)30(41)25(20-14-12-11-13-15-20)35-23(37)18-31(3,4)5/h8-9,20-22,24-26H,1-2,10-19H2,3-7H3,(H,33,40)(H,34,39)(H,35,37)/t21?,22?,24?,25-,26-/m0/s1. The molecule has 1 saturated heterocycles. The quantitative estimate of drug-likeness (QED) is 0.232. The molecule has 0 bridgehead atoms. The molecule has 0 spiro atoms. The number of hydrogen-bond acceptors (Lipinski definition) is 5. The molecule has 41 heavy (non-hydrogen) atoms. The molecule has 3 rings (SSSR count). The Kier molecular flexibility index (Phi) is 10.6. The van der Waals surface area contributed by atoms with E-state index >= 15 is 0 Å². The lowest BCUT2D eigenvalue weighted by molar-refractivity contribution is -0.146. The van der Waals surface area contributed by atoms with E-state index in [0.717, 1.165) is 32.1 Å². The zero-order valence-corrected chi connectivity index (χ0v) is 25.6. The largest absolute Gasteiger partial charge is 0.346 e. The first kappa shape index (κ1) is 32.5. The van der Waals surface area contributed by atoms with E-state index in [9.17, 15) is 24.0 Å². The normalized spacial score (nSPS) is 24.8. The van der Waals surface area contributed by atoms with Crippen LogP contribution >= 0.6 is 0 Å². The van der Waals surface area contributed by atoms with Crippen molar-refractivity contribution in [2.24, 2.45) is 28.6 Å². The van der Waals surface area contributed by atoms with E-state index in [0.29, 0.717) is 19.4 Å². The zero-order chi connectivity index (χ0) is 30.5. The SMILES string of the molecule is C=CCCC(NC(=O)[C@@H]1C2C(CN1C(=O)[C@@H](NC(=O)CC(C)(C)C)C1CCCCC1)C2(C)C)C(=O)C(=O)NCC=C. The van der Waals surface area contributed by atoms with Gasteiger partial charge in [0.15, 0.2) is 0 Å². The van der Waals surface area contributed by atoms with E-state index < -0.39 is 35.7 Å². The molecule has 3 unspecified atom stereocenters. The number of allylic oxidation sites excluding steroid dienone is 1. The van der Waals surface area contributed by atoms with Gasteiger partial charge < -0.3 is 20.9 Å². The highest BCUT2D eigenvalue weighted by Crippen LogP contribution is 2.65. The highest BCUT2D eigenvalue weighted by molar-refractivity contribution is 6.38. The Morgan fingerprint density at radius 1 is 1.00 bits per heavy atom. The molecule has 1 aliphatic heterocycles. The first-order valence-corrected chi connectivity index (χ1v) is 15.2. The van der Waals surface area contributed by atoms with E-state index in [4.69, 9.17) is 0 Å². The van der Waals surface area contributed by atoms with Gasteiger partial charge in [0.2, 0.25) is 23.5 Å². The maximum absolute atomic E-state index is 14.2. The summed E-state index contributed by atoms with van der Waals surface area (Å²) in [5.74, 6) is -2.23. The lowest BCUT2D eigenvalue weighted by Gasteiger charge is -2.37. The number of nitrogens with one attached hydrogen (secondary N) is 3. The van der Waals surface area contributed by atoms with Crippen LogP contribution in [-0.4, -0.2) is 65.5 Å². The van der Waals surface area contributed by atoms with Crippen molar-refractivity contribution in [3.63, 3.8) is 0 Å². The molecule has 2 aliphatic carbocycles. The van der Waals surface area contributed by atoms with Crippen molar-refractivity contribution in [3.8, 4) is 0 Å². The number of fused-ring (bicyclic) bond motifs is 1. The second kappa shape index (κ2) is 13.3. The number of ketones is 1. The smallest absolute Gasteiger partial charge is 0.289 e. The summed E-state index contributed by atoms with van der Waals surface area (Å²) in [6, 6.07) is -2.50. The zero-order valence-electron chi connectivity index (χ0n) is 25.6. The third-order valence-corrected chi connectivity index (χ3v) is 9.08. The van der Waals surface area contributed by atoms with Crippen LogP contribution in [0, 0.1) is 28.6 Å². The van der Waals surface area contributed by atoms with E-state index in [1.807, 2.05) is 20.8 Å². The maximum Gasteiger partial charge on any atom is 0.289 e. The predicted molar refractivity (Wildman–Crippen MR) is 158 cm³/mol. The minimum atomic E-state index is -1.04. The summed E-state index contributed by atoms with van der Waals surface area (Å²) in [5, 5.41) is 8.37. The molecule has 3 N–H and O–H groups in total. The van der Waals surface area contributed by atoms with E-state index in [1.165, 1.54) is 6.08 Å². The summed E-state index contributed by atoms with van der Waals surface area (Å²) in [6.07, 6.45) is 8.90. The first-order valence-electron chi connectivity index (χ1n) is 15.2. The monoisotopic (exact) mass is 570 g/mol. The van der Waals surface area contributed by atoms with Gasteiger partial charge in [-0.15, -0.1) is 13.2 Å². The summed E-state index contributed by atoms with van der Waals surface area (Å²) in [7, 11) is 0. The van der Waals surface area contributed by atoms with Crippen molar-refractivity contribution in [1.29, 1.82) is 0 Å². The van der Waals surface area contributed by atoms with E-state index in [-0.39, 0.29) is 53.4 Å². The van der Waals surface area contributed by atoms with Crippen molar-refractivity contribution < 1.29 is 24.0 Å². The Hall–Kier alpha value is -2.97. The van der Waals surface area contributed by atoms with Gasteiger partial charge in [-0.1, -0.05) is 66.0 Å². The van der Waals surface area contributed by atoms with Crippen LogP contribution in [0.4, 0.5) is 0 Å². The van der Waals surface area contributed by atoms with Crippen LogP contribution < -0.4 is 16.0 Å². The third-order valence-electron chi connectivity index (χ3n) is 9.08. The minimum absolute atomic E-state index is 0.0179. The number of piperidine rings is 1. The fourth-order valence-corrected chi connectivity index (χ4v) is 6.77. The Balaban J connectivity index is 1.85. The van der Waals surface area contributed by atoms with Crippen molar-refractivity contribution >= 4 is 29.4 Å². The molecule has 3 aliphatic rings. The van der Waals surface area contributed by atoms with E-state index in [1.54, 1.807) is 11.0 Å². The second-order valence-corrected chi connectivity index (χ2v) is 13.9. The molecular weight excluding hydrogens is 520 g/mol. The average Bonchev–Trinajstić information content (AvgIpc) is 3.23. The maximum atomic E-state index is 14.2. The number of carbonyl (C=O) groups is 5. The van der Waals surface area contributed by atoms with Gasteiger partial charge in [-0.25, -0.2) is 0 Å². The van der Waals surface area contributed by atoms with Crippen LogP contribution in [0.5, 0.6) is 0 Å². The average molecular weight is 571 g/mol. The summed E-state index contributed by atoms with van der Waals surface area (Å²) >= 11 is 0. The molecule has 0 radical (unpaired) electrons. The summed E-state index contributed by atoms with van der Waals surface area (Å²) < 4.78 is 0. The summed E-state index contributed by atoms with van der Waals surface area (Å²) in [4.78, 5) is 68.2. The van der Waals surface area contributed by atoms with Crippen LogP contribution in [0.1, 0.15) is 86.0 Å². The van der Waals surface area contributed by atoms with Crippen LogP contribution in [0.3, 0.4) is 0 Å². The summed E-state index contributed by atoms with van der Waals surface area (Å²) in [6.45, 7) is 18.0. The Bertz CT molecular complexity index is 1040. The molecule has 0 aromatic rings. The van der Waals surface area contributed by atoms with Gasteiger partial charge in [0.1, 0.15) is 12.1 Å². The highest BCUT2D eigenvalue weighted by atomic mass is 16.2. The van der Waals surface area contributed by atoms with Gasteiger partial charge in [0.25, 0.3) is 5.91 Å². The molecule has 9 heteroatoms. The number of amides is 4. The van der Waals surface area contributed by atoms with Crippen LogP contribution in [0.2, 0.25) is 0 Å². The van der Waals surface area contributed by atoms with Gasteiger partial charge >= 0.3 is 0 Å². The number of rotatable bonds is 13. The van der Waals surface area contributed by atoms with Crippen LogP contribution in [0.15, 0.2) is 25.3 Å². The molecule has 1 heterocycles. The topological polar surface area (TPSA) is 125 Å². The van der Waals surface area contributed by atoms with Crippen molar-refractivity contribution in [1.82, 2.24) is 20.9 Å². The molecule has 228 valence electrons. The van der Waals surface area contributed by atoms with Crippen LogP contribution in [-0.2, 0) is 24.0 Å². The highest BCUT2D eigenvalue weighted by Gasteiger charge is 2.69. The molecule has 3 fully saturated rings. The molecular formula is C32H50N4O5. The number of carbonyl (C=O) groups excluding carboxylic acids is 5. The van der Waals surface area contributed by atoms with Crippen LogP contribution in [0.25, 0.3) is 0 Å². The molecule has 2 saturated carbocycles. The van der Waals surface area contributed by atoms with Gasteiger partial charge in [0.05, 0.1) is 6.04 Å². The number of nitrogens with zero attached hydrogens (tertiary/aromatic N) is 1. The fourth-order valence-electron chi connectivity index (χ4n) is 6.77. The molecule has 0 aromatic heterocycles. The second-order valence-electron chi connectivity index (χ2n) is 13.9. The van der Waals surface area contributed by atoms with Gasteiger partial charge in [-0.3, -0.25) is 24.0 Å². The van der Waals surface area contributed by atoms with Gasteiger partial charge in [-0.2, -0.15) is 0 Å². The van der Waals surface area contributed by atoms with Crippen molar-refractivity contribution in [2.45, 2.75) is 104 Å². The number of Topliss-reactive ketones (excluding diaryl/α,β-unsaturated/α-hetero) is 1. The Morgan fingerprint density at radius 2 is 1.66 bits per heavy atom. The first-order chi connectivity index (χ1) is 19.2. The van der Waals surface area contributed by atoms with Crippen molar-refractivity contribution in [3.05, 3.63) is 25.3 Å². The Morgan fingerprint density at radius 3 is 2.24 bits per heavy atom. The molecule has 0 aromatic carbocycles. The fraction of sp³-hybridized carbons (Fsp3) is 0.719. The van der Waals surface area contributed by atoms with E-state index in [2.05, 4.69) is 43.0 Å². The number of likely N-dealkylation sites (tertiary alicyclic amines) is 1. The van der Waals surface area contributed by atoms with Gasteiger partial charge in [0, 0.05) is 19.5 Å². The summed E-state index contributed by atoms with van der Waals surface area (Å²) in [5.41, 5.74) is -0.354. The predicted octanol–water partition coefficient (Wildman–Crippen LogP) is 3.29. The molecule has 4 amide bonds. The minimum Gasteiger partial charge on any atom is -0.346 e. The van der Waals surface area contributed by atoms with Crippen molar-refractivity contribution in [2.75, 3.05) is 13.1 Å². The van der Waals surface area contributed by atoms with Gasteiger partial charge in [-0.05, 0) is 54.3 Å². The third kappa shape index (κ3) is 7.86.